The highest BCUT2D eigenvalue weighted by atomic mass is 16.4. The van der Waals surface area contributed by atoms with E-state index in [1.54, 1.807) is 6.20 Å². The van der Waals surface area contributed by atoms with Gasteiger partial charge in [0.05, 0.1) is 5.97 Å². The quantitative estimate of drug-likeness (QED) is 0.604. The van der Waals surface area contributed by atoms with Crippen LogP contribution in [0, 0.1) is 0 Å². The van der Waals surface area contributed by atoms with Crippen molar-refractivity contribution in [2.45, 2.75) is 18.9 Å². The molecule has 1 rings (SSSR count). The minimum Gasteiger partial charge on any atom is -0.544 e. The van der Waals surface area contributed by atoms with Gasteiger partial charge in [-0.3, -0.25) is 4.98 Å². The van der Waals surface area contributed by atoms with Gasteiger partial charge in [0.2, 0.25) is 0 Å². The first-order valence-corrected chi connectivity index (χ1v) is 4.14. The molecule has 0 unspecified atom stereocenters. The van der Waals surface area contributed by atoms with E-state index >= 15 is 0 Å². The highest BCUT2D eigenvalue weighted by Gasteiger charge is 2.06. The first-order valence-electron chi connectivity index (χ1n) is 4.14. The lowest BCUT2D eigenvalue weighted by Gasteiger charge is -2.07. The van der Waals surface area contributed by atoms with Crippen molar-refractivity contribution < 1.29 is 15.6 Å². The van der Waals surface area contributed by atoms with Crippen molar-refractivity contribution in [2.75, 3.05) is 0 Å². The van der Waals surface area contributed by atoms with Gasteiger partial charge in [-0.25, -0.2) is 0 Å². The van der Waals surface area contributed by atoms with Crippen molar-refractivity contribution in [3.05, 3.63) is 30.1 Å². The number of quaternary nitrogens is 1. The third kappa shape index (κ3) is 3.21. The summed E-state index contributed by atoms with van der Waals surface area (Å²) in [6.45, 7) is 0. The summed E-state index contributed by atoms with van der Waals surface area (Å²) in [4.78, 5) is 14.4. The Morgan fingerprint density at radius 1 is 1.62 bits per heavy atom. The number of aromatic nitrogens is 1. The summed E-state index contributed by atoms with van der Waals surface area (Å²) in [5, 5.41) is 10.3. The van der Waals surface area contributed by atoms with Gasteiger partial charge in [0, 0.05) is 18.3 Å². The molecule has 13 heavy (non-hydrogen) atoms. The zero-order valence-corrected chi connectivity index (χ0v) is 7.27. The van der Waals surface area contributed by atoms with E-state index in [-0.39, 0.29) is 0 Å². The van der Waals surface area contributed by atoms with Crippen LogP contribution >= 0.6 is 0 Å². The van der Waals surface area contributed by atoms with E-state index in [2.05, 4.69) is 10.7 Å². The lowest BCUT2D eigenvalue weighted by molar-refractivity contribution is -0.438. The number of carbonyl (C=O) groups is 1. The molecular formula is C9H12N2O2. The summed E-state index contributed by atoms with van der Waals surface area (Å²) >= 11 is 0. The zero-order chi connectivity index (χ0) is 9.68. The highest BCUT2D eigenvalue weighted by molar-refractivity contribution is 5.69. The fraction of sp³-hybridized carbons (Fsp3) is 0.333. The van der Waals surface area contributed by atoms with Gasteiger partial charge >= 0.3 is 0 Å². The van der Waals surface area contributed by atoms with Crippen LogP contribution in [0.25, 0.3) is 0 Å². The van der Waals surface area contributed by atoms with Crippen LogP contribution in [0.15, 0.2) is 24.4 Å². The number of nitrogens with zero attached hydrogens (tertiary/aromatic N) is 1. The molecule has 4 heteroatoms. The molecule has 1 aromatic heterocycles. The van der Waals surface area contributed by atoms with Crippen LogP contribution < -0.4 is 10.8 Å². The van der Waals surface area contributed by atoms with Gasteiger partial charge in [0.15, 0.2) is 0 Å². The predicted octanol–water partition coefficient (Wildman–Crippen LogP) is -1.63. The standard InChI is InChI=1S/C9H12N2O2/c10-8(9(12)13)5-4-7-3-1-2-6-11-7/h1-3,6,8H,4-5,10H2,(H,12,13)/t8-/m1/s1. The van der Waals surface area contributed by atoms with Crippen molar-refractivity contribution in [2.24, 2.45) is 0 Å². The van der Waals surface area contributed by atoms with Crippen LogP contribution in [-0.4, -0.2) is 17.0 Å². The smallest absolute Gasteiger partial charge is 0.125 e. The number of carboxylic acid groups (broad SMARTS) is 1. The fourth-order valence-electron chi connectivity index (χ4n) is 0.986. The van der Waals surface area contributed by atoms with Crippen LogP contribution in [0.3, 0.4) is 0 Å². The molecule has 0 saturated heterocycles. The van der Waals surface area contributed by atoms with E-state index in [4.69, 9.17) is 0 Å². The predicted molar refractivity (Wildman–Crippen MR) is 44.2 cm³/mol. The van der Waals surface area contributed by atoms with Crippen LogP contribution in [0.5, 0.6) is 0 Å². The summed E-state index contributed by atoms with van der Waals surface area (Å²) < 4.78 is 0. The highest BCUT2D eigenvalue weighted by Crippen LogP contribution is 1.98. The third-order valence-electron chi connectivity index (χ3n) is 1.81. The van der Waals surface area contributed by atoms with E-state index in [0.717, 1.165) is 5.69 Å². The average Bonchev–Trinajstić information content (AvgIpc) is 2.15. The average molecular weight is 180 g/mol. The second-order valence-electron chi connectivity index (χ2n) is 2.88. The Hall–Kier alpha value is -1.42. The second-order valence-corrected chi connectivity index (χ2v) is 2.88. The number of carbonyl (C=O) groups excluding carboxylic acids is 1. The molecule has 3 N–H and O–H groups in total. The Labute approximate surface area is 76.4 Å². The molecule has 1 aromatic rings. The first kappa shape index (κ1) is 9.67. The van der Waals surface area contributed by atoms with Crippen LogP contribution in [0.2, 0.25) is 0 Å². The molecule has 0 radical (unpaired) electrons. The lowest BCUT2D eigenvalue weighted by atomic mass is 10.1. The molecule has 0 bridgehead atoms. The summed E-state index contributed by atoms with van der Waals surface area (Å²) in [6, 6.07) is 4.91. The van der Waals surface area contributed by atoms with Gasteiger partial charge in [-0.2, -0.15) is 0 Å². The molecule has 0 aromatic carbocycles. The summed E-state index contributed by atoms with van der Waals surface area (Å²) in [5.41, 5.74) is 4.35. The van der Waals surface area contributed by atoms with Crippen molar-refractivity contribution in [1.82, 2.24) is 4.98 Å². The largest absolute Gasteiger partial charge is 0.544 e. The number of hydrogen-bond acceptors (Lipinski definition) is 3. The molecule has 0 saturated carbocycles. The number of pyridine rings is 1. The molecule has 4 nitrogen and oxygen atoms in total. The van der Waals surface area contributed by atoms with Crippen LogP contribution in [0.1, 0.15) is 12.1 Å². The molecule has 0 aliphatic heterocycles. The molecule has 0 spiro atoms. The van der Waals surface area contributed by atoms with Crippen LogP contribution in [0.4, 0.5) is 0 Å². The fourth-order valence-corrected chi connectivity index (χ4v) is 0.986. The Morgan fingerprint density at radius 3 is 2.92 bits per heavy atom. The topological polar surface area (TPSA) is 80.7 Å². The van der Waals surface area contributed by atoms with Gasteiger partial charge < -0.3 is 15.6 Å². The molecule has 70 valence electrons. The Morgan fingerprint density at radius 2 is 2.38 bits per heavy atom. The molecular weight excluding hydrogens is 168 g/mol. The Kier molecular flexibility index (Phi) is 3.40. The molecule has 1 heterocycles. The van der Waals surface area contributed by atoms with Crippen molar-refractivity contribution >= 4 is 5.97 Å². The minimum absolute atomic E-state index is 0.472. The number of hydrogen-bond donors (Lipinski definition) is 1. The van der Waals surface area contributed by atoms with Gasteiger partial charge in [-0.1, -0.05) is 6.07 Å². The van der Waals surface area contributed by atoms with Crippen molar-refractivity contribution in [3.63, 3.8) is 0 Å². The monoisotopic (exact) mass is 180 g/mol. The number of rotatable bonds is 4. The maximum absolute atomic E-state index is 10.3. The van der Waals surface area contributed by atoms with Crippen molar-refractivity contribution in [3.8, 4) is 0 Å². The number of aliphatic carboxylic acids is 1. The summed E-state index contributed by atoms with van der Waals surface area (Å²) in [6.07, 6.45) is 2.79. The van der Waals surface area contributed by atoms with E-state index in [1.807, 2.05) is 18.2 Å². The Bertz CT molecular complexity index is 274. The van der Waals surface area contributed by atoms with Gasteiger partial charge in [0.1, 0.15) is 6.04 Å². The van der Waals surface area contributed by atoms with Crippen LogP contribution in [-0.2, 0) is 11.2 Å². The summed E-state index contributed by atoms with van der Waals surface area (Å²) in [7, 11) is 0. The minimum atomic E-state index is -1.10. The molecule has 0 amide bonds. The van der Waals surface area contributed by atoms with E-state index < -0.39 is 12.0 Å². The Balaban J connectivity index is 2.39. The maximum atomic E-state index is 10.3. The van der Waals surface area contributed by atoms with Gasteiger partial charge in [0.25, 0.3) is 0 Å². The van der Waals surface area contributed by atoms with E-state index in [1.165, 1.54) is 0 Å². The molecule has 1 atom stereocenters. The normalized spacial score (nSPS) is 12.4. The first-order chi connectivity index (χ1) is 6.20. The number of aryl methyl sites for hydroxylation is 1. The summed E-state index contributed by atoms with van der Waals surface area (Å²) in [5.74, 6) is -1.10. The number of carboxylic acids is 1. The van der Waals surface area contributed by atoms with Crippen molar-refractivity contribution in [1.29, 1.82) is 0 Å². The second kappa shape index (κ2) is 4.57. The van der Waals surface area contributed by atoms with Gasteiger partial charge in [-0.15, -0.1) is 0 Å². The molecule has 0 aliphatic rings. The lowest BCUT2D eigenvalue weighted by Crippen LogP contribution is -2.68. The molecule has 0 fully saturated rings. The SMILES string of the molecule is [NH3+][C@H](CCc1ccccn1)C(=O)[O-]. The van der Waals surface area contributed by atoms with Gasteiger partial charge in [-0.05, 0) is 18.6 Å². The zero-order valence-electron chi connectivity index (χ0n) is 7.27. The molecule has 0 aliphatic carbocycles. The third-order valence-corrected chi connectivity index (χ3v) is 1.81. The van der Waals surface area contributed by atoms with E-state index in [0.29, 0.717) is 12.8 Å². The maximum Gasteiger partial charge on any atom is 0.125 e. The van der Waals surface area contributed by atoms with E-state index in [9.17, 15) is 9.90 Å².